The summed E-state index contributed by atoms with van der Waals surface area (Å²) in [6.07, 6.45) is 0. The Morgan fingerprint density at radius 3 is 2.21 bits per heavy atom. The van der Waals surface area contributed by atoms with Crippen molar-refractivity contribution in [3.8, 4) is 0 Å². The number of benzene rings is 1. The lowest BCUT2D eigenvalue weighted by atomic mass is 10.1. The number of nitro groups is 1. The summed E-state index contributed by atoms with van der Waals surface area (Å²) in [7, 11) is 0. The van der Waals surface area contributed by atoms with Crippen LogP contribution >= 0.6 is 6.49 Å². The molecule has 5 nitrogen and oxygen atoms in total. The van der Waals surface area contributed by atoms with Gasteiger partial charge >= 0.3 is 0 Å². The molecule has 1 rings (SSSR count). The minimum Gasteiger partial charge on any atom is -0.329 e. The zero-order valence-corrected chi connectivity index (χ0v) is 12.7. The Balaban J connectivity index is 3.14. The number of rotatable bonds is 8. The molecule has 19 heavy (non-hydrogen) atoms. The molecule has 1 unspecified atom stereocenters. The molecule has 1 aromatic carbocycles. The van der Waals surface area contributed by atoms with E-state index in [1.807, 2.05) is 44.2 Å². The molecule has 0 aromatic heterocycles. The van der Waals surface area contributed by atoms with Crippen LogP contribution in [0.2, 0.25) is 0 Å². The molecule has 0 N–H and O–H groups in total. The van der Waals surface area contributed by atoms with Crippen molar-refractivity contribution < 1.29 is 14.0 Å². The molecule has 0 bridgehead atoms. The Kier molecular flexibility index (Phi) is 6.58. The summed E-state index contributed by atoms with van der Waals surface area (Å²) in [6.45, 7) is 1.41. The van der Waals surface area contributed by atoms with E-state index >= 15 is 0 Å². The molecule has 0 saturated heterocycles. The maximum Gasteiger partial charge on any atom is 0.219 e. The fourth-order valence-electron chi connectivity index (χ4n) is 1.78. The van der Waals surface area contributed by atoms with Crippen LogP contribution in [0.3, 0.4) is 0 Å². The van der Waals surface area contributed by atoms with E-state index in [1.54, 1.807) is 0 Å². The number of nitrogens with zero attached hydrogens (tertiary/aromatic N) is 1. The van der Waals surface area contributed by atoms with E-state index in [0.29, 0.717) is 13.2 Å². The lowest BCUT2D eigenvalue weighted by molar-refractivity contribution is -0.480. The quantitative estimate of drug-likeness (QED) is 0.418. The van der Waals surface area contributed by atoms with Gasteiger partial charge in [-0.3, -0.25) is 10.1 Å². The fourth-order valence-corrected chi connectivity index (χ4v) is 5.00. The van der Waals surface area contributed by atoms with Gasteiger partial charge in [-0.05, 0) is 31.2 Å². The lowest BCUT2D eigenvalue weighted by Crippen LogP contribution is -2.16. The third-order valence-electron chi connectivity index (χ3n) is 2.51. The van der Waals surface area contributed by atoms with Crippen molar-refractivity contribution in [2.75, 3.05) is 19.8 Å². The molecule has 1 atom stereocenters. The van der Waals surface area contributed by atoms with Gasteiger partial charge in [0, 0.05) is 4.92 Å². The van der Waals surface area contributed by atoms with Crippen molar-refractivity contribution in [2.24, 2.45) is 0 Å². The van der Waals surface area contributed by atoms with Gasteiger partial charge in [0.15, 0.2) is 0 Å². The largest absolute Gasteiger partial charge is 0.329 e. The molecule has 0 amide bonds. The Hall–Kier alpha value is -0.810. The molecule has 0 heterocycles. The van der Waals surface area contributed by atoms with E-state index in [9.17, 15) is 10.1 Å². The predicted octanol–water partition coefficient (Wildman–Crippen LogP) is 3.39. The van der Waals surface area contributed by atoms with Crippen LogP contribution in [-0.2, 0) is 20.9 Å². The zero-order chi connectivity index (χ0) is 14.3. The Morgan fingerprint density at radius 1 is 1.26 bits per heavy atom. The molecule has 1 aromatic rings. The first kappa shape index (κ1) is 16.2. The third-order valence-corrected chi connectivity index (χ3v) is 6.36. The Morgan fingerprint density at radius 2 is 1.79 bits per heavy atom. The summed E-state index contributed by atoms with van der Waals surface area (Å²) >= 11 is 5.48. The number of hydrogen-bond donors (Lipinski definition) is 0. The predicted molar refractivity (Wildman–Crippen MR) is 78.6 cm³/mol. The summed E-state index contributed by atoms with van der Waals surface area (Å²) in [5, 5.41) is 10.9. The van der Waals surface area contributed by atoms with Gasteiger partial charge in [-0.2, -0.15) is 0 Å². The van der Waals surface area contributed by atoms with Crippen molar-refractivity contribution in [2.45, 2.75) is 19.5 Å². The highest BCUT2D eigenvalue weighted by Crippen LogP contribution is 2.61. The van der Waals surface area contributed by atoms with Gasteiger partial charge in [-0.1, -0.05) is 30.3 Å². The molecular formula is C12H18NO4PS. The molecular weight excluding hydrogens is 285 g/mol. The highest BCUT2D eigenvalue weighted by Gasteiger charge is 2.35. The molecule has 7 heteroatoms. The SMILES string of the molecule is CCOP(=S)(OCC)C(C[N+](=O)[O-])c1ccccc1. The van der Waals surface area contributed by atoms with Crippen LogP contribution in [0.5, 0.6) is 0 Å². The smallest absolute Gasteiger partial charge is 0.219 e. The summed E-state index contributed by atoms with van der Waals surface area (Å²) in [5.41, 5.74) is 0.281. The summed E-state index contributed by atoms with van der Waals surface area (Å²) in [6, 6.07) is 9.18. The van der Waals surface area contributed by atoms with Crippen molar-refractivity contribution in [3.63, 3.8) is 0 Å². The van der Waals surface area contributed by atoms with E-state index in [0.717, 1.165) is 5.56 Å². The van der Waals surface area contributed by atoms with Gasteiger partial charge in [-0.25, -0.2) is 0 Å². The Labute approximate surface area is 118 Å². The Bertz CT molecular complexity index is 444. The first-order chi connectivity index (χ1) is 9.03. The van der Waals surface area contributed by atoms with Gasteiger partial charge in [0.2, 0.25) is 13.0 Å². The maximum absolute atomic E-state index is 10.9. The van der Waals surface area contributed by atoms with Gasteiger partial charge in [-0.15, -0.1) is 0 Å². The van der Waals surface area contributed by atoms with Crippen LogP contribution in [0.25, 0.3) is 0 Å². The summed E-state index contributed by atoms with van der Waals surface area (Å²) in [5.74, 6) is 0. The lowest BCUT2D eigenvalue weighted by Gasteiger charge is -2.27. The topological polar surface area (TPSA) is 61.6 Å². The van der Waals surface area contributed by atoms with Crippen molar-refractivity contribution in [3.05, 3.63) is 46.0 Å². The summed E-state index contributed by atoms with van der Waals surface area (Å²) in [4.78, 5) is 10.5. The van der Waals surface area contributed by atoms with Crippen molar-refractivity contribution in [1.29, 1.82) is 0 Å². The van der Waals surface area contributed by atoms with E-state index in [1.165, 1.54) is 0 Å². The molecule has 0 radical (unpaired) electrons. The average molecular weight is 303 g/mol. The summed E-state index contributed by atoms with van der Waals surface area (Å²) < 4.78 is 11.2. The fraction of sp³-hybridized carbons (Fsp3) is 0.500. The van der Waals surface area contributed by atoms with Crippen LogP contribution < -0.4 is 0 Å². The van der Waals surface area contributed by atoms with Crippen LogP contribution in [-0.4, -0.2) is 24.7 Å². The van der Waals surface area contributed by atoms with E-state index in [-0.39, 0.29) is 11.5 Å². The monoisotopic (exact) mass is 303 g/mol. The maximum atomic E-state index is 10.9. The zero-order valence-electron chi connectivity index (χ0n) is 11.0. The number of hydrogen-bond acceptors (Lipinski definition) is 5. The van der Waals surface area contributed by atoms with Crippen LogP contribution in [0.1, 0.15) is 25.1 Å². The first-order valence-electron chi connectivity index (χ1n) is 6.09. The van der Waals surface area contributed by atoms with E-state index in [4.69, 9.17) is 20.9 Å². The highest BCUT2D eigenvalue weighted by atomic mass is 32.5. The van der Waals surface area contributed by atoms with Crippen LogP contribution in [0.15, 0.2) is 30.3 Å². The van der Waals surface area contributed by atoms with Gasteiger partial charge in [0.1, 0.15) is 5.66 Å². The van der Waals surface area contributed by atoms with Crippen LogP contribution in [0.4, 0.5) is 0 Å². The molecule has 0 aliphatic rings. The van der Waals surface area contributed by atoms with Gasteiger partial charge < -0.3 is 9.05 Å². The average Bonchev–Trinajstić information content (AvgIpc) is 2.37. The van der Waals surface area contributed by atoms with Gasteiger partial charge in [0.25, 0.3) is 0 Å². The minimum absolute atomic E-state index is 0.276. The standard InChI is InChI=1S/C12H18NO4PS/c1-3-16-18(19,17-4-2)12(10-13(14)15)11-8-6-5-7-9-11/h5-9,12H,3-4,10H2,1-2H3. The molecule has 0 aliphatic carbocycles. The second kappa shape index (κ2) is 7.70. The minimum atomic E-state index is -2.71. The molecule has 0 fully saturated rings. The van der Waals surface area contributed by atoms with E-state index in [2.05, 4.69) is 0 Å². The molecule has 0 spiro atoms. The van der Waals surface area contributed by atoms with Crippen LogP contribution in [0, 0.1) is 10.1 Å². The molecule has 0 saturated carbocycles. The van der Waals surface area contributed by atoms with Gasteiger partial charge in [0.05, 0.1) is 13.2 Å². The normalized spacial score (nSPS) is 13.2. The molecule has 106 valence electrons. The second-order valence-corrected chi connectivity index (χ2v) is 7.56. The van der Waals surface area contributed by atoms with Crippen molar-refractivity contribution >= 4 is 18.3 Å². The van der Waals surface area contributed by atoms with E-state index < -0.39 is 12.2 Å². The highest BCUT2D eigenvalue weighted by molar-refractivity contribution is 8.10. The first-order valence-corrected chi connectivity index (χ1v) is 8.79. The third kappa shape index (κ3) is 4.66. The molecule has 0 aliphatic heterocycles. The van der Waals surface area contributed by atoms with Crippen molar-refractivity contribution in [1.82, 2.24) is 0 Å². The second-order valence-electron chi connectivity index (χ2n) is 3.82.